The van der Waals surface area contributed by atoms with Gasteiger partial charge in [-0.15, -0.1) is 0 Å². The zero-order valence-electron chi connectivity index (χ0n) is 19.9. The van der Waals surface area contributed by atoms with Crippen LogP contribution in [0.3, 0.4) is 0 Å². The summed E-state index contributed by atoms with van der Waals surface area (Å²) in [5.41, 5.74) is 0.766. The first-order chi connectivity index (χ1) is 17.9. The van der Waals surface area contributed by atoms with E-state index in [-0.39, 0.29) is 17.0 Å². The fourth-order valence-corrected chi connectivity index (χ4v) is 5.18. The first-order valence-electron chi connectivity index (χ1n) is 12.2. The number of aromatic carboxylic acids is 1. The molecule has 0 amide bonds. The van der Waals surface area contributed by atoms with Crippen LogP contribution >= 0.6 is 12.2 Å². The molecule has 1 aromatic heterocycles. The van der Waals surface area contributed by atoms with Crippen molar-refractivity contribution in [1.29, 1.82) is 0 Å². The highest BCUT2D eigenvalue weighted by atomic mass is 32.1. The number of aromatic nitrogens is 1. The lowest BCUT2D eigenvalue weighted by molar-refractivity contribution is 0.0695. The van der Waals surface area contributed by atoms with Crippen LogP contribution < -0.4 is 25.1 Å². The lowest BCUT2D eigenvalue weighted by Gasteiger charge is -2.37. The second-order valence-corrected chi connectivity index (χ2v) is 9.79. The quantitative estimate of drug-likeness (QED) is 0.498. The van der Waals surface area contributed by atoms with E-state index >= 15 is 4.39 Å². The van der Waals surface area contributed by atoms with Crippen LogP contribution in [-0.2, 0) is 0 Å². The molecule has 2 aliphatic heterocycles. The fraction of sp³-hybridized carbons (Fsp3) is 0.346. The SMILES string of the molecule is O=C(O)c1cn(C2CC2)c2cc(N3CCN(C(=S)Nc4ccc5c(c4)OCCO5)CC3)c(F)cc2c1=O. The number of thiocarbonyl (C=S) groups is 1. The summed E-state index contributed by atoms with van der Waals surface area (Å²) in [6.45, 7) is 3.27. The molecular formula is C26H25FN4O5S. The van der Waals surface area contributed by atoms with Crippen LogP contribution in [0.1, 0.15) is 29.2 Å². The minimum Gasteiger partial charge on any atom is -0.486 e. The topological polar surface area (TPSA) is 96.3 Å². The average molecular weight is 525 g/mol. The van der Waals surface area contributed by atoms with Gasteiger partial charge in [0.1, 0.15) is 24.6 Å². The molecule has 9 nitrogen and oxygen atoms in total. The number of nitrogens with zero attached hydrogens (tertiary/aromatic N) is 3. The number of pyridine rings is 1. The minimum atomic E-state index is -1.30. The molecule has 0 unspecified atom stereocenters. The molecule has 2 N–H and O–H groups in total. The lowest BCUT2D eigenvalue weighted by atomic mass is 10.1. The largest absolute Gasteiger partial charge is 0.486 e. The van der Waals surface area contributed by atoms with Gasteiger partial charge in [0.15, 0.2) is 16.6 Å². The van der Waals surface area contributed by atoms with Gasteiger partial charge in [0, 0.05) is 55.6 Å². The molecule has 3 aromatic rings. The highest BCUT2D eigenvalue weighted by Gasteiger charge is 2.29. The number of carboxylic acids is 1. The van der Waals surface area contributed by atoms with Crippen molar-refractivity contribution in [2.24, 2.45) is 0 Å². The first-order valence-corrected chi connectivity index (χ1v) is 12.6. The molecule has 1 saturated carbocycles. The van der Waals surface area contributed by atoms with Crippen LogP contribution in [0.4, 0.5) is 15.8 Å². The summed E-state index contributed by atoms with van der Waals surface area (Å²) < 4.78 is 28.2. The van der Waals surface area contributed by atoms with E-state index in [2.05, 4.69) is 5.32 Å². The van der Waals surface area contributed by atoms with Gasteiger partial charge in [-0.05, 0) is 49.3 Å². The van der Waals surface area contributed by atoms with Crippen LogP contribution in [-0.4, -0.2) is 65.0 Å². The van der Waals surface area contributed by atoms with Crippen molar-refractivity contribution in [2.45, 2.75) is 18.9 Å². The number of anilines is 2. The molecule has 2 aromatic carbocycles. The summed E-state index contributed by atoms with van der Waals surface area (Å²) in [6, 6.07) is 8.57. The number of carbonyl (C=O) groups is 1. The summed E-state index contributed by atoms with van der Waals surface area (Å²) in [4.78, 5) is 28.3. The summed E-state index contributed by atoms with van der Waals surface area (Å²) in [6.07, 6.45) is 3.19. The van der Waals surface area contributed by atoms with Gasteiger partial charge in [-0.2, -0.15) is 0 Å². The maximum atomic E-state index is 15.2. The van der Waals surface area contributed by atoms with Crippen molar-refractivity contribution >= 4 is 45.6 Å². The smallest absolute Gasteiger partial charge is 0.341 e. The Morgan fingerprint density at radius 3 is 2.49 bits per heavy atom. The monoisotopic (exact) mass is 524 g/mol. The molecule has 6 rings (SSSR count). The summed E-state index contributed by atoms with van der Waals surface area (Å²) in [5.74, 6) is -0.460. The number of nitrogens with one attached hydrogen (secondary N) is 1. The Morgan fingerprint density at radius 1 is 1.05 bits per heavy atom. The number of benzene rings is 2. The Hall–Kier alpha value is -3.86. The molecule has 37 heavy (non-hydrogen) atoms. The van der Waals surface area contributed by atoms with E-state index in [0.717, 1.165) is 18.5 Å². The van der Waals surface area contributed by atoms with Gasteiger partial charge in [-0.3, -0.25) is 4.79 Å². The first kappa shape index (κ1) is 23.5. The number of piperazine rings is 1. The maximum absolute atomic E-state index is 15.2. The van der Waals surface area contributed by atoms with Gasteiger partial charge < -0.3 is 34.3 Å². The van der Waals surface area contributed by atoms with Gasteiger partial charge in [0.2, 0.25) is 5.43 Å². The number of hydrogen-bond donors (Lipinski definition) is 2. The highest BCUT2D eigenvalue weighted by Crippen LogP contribution is 2.38. The Balaban J connectivity index is 1.19. The van der Waals surface area contributed by atoms with Crippen LogP contribution in [0.15, 0.2) is 41.3 Å². The molecule has 192 valence electrons. The van der Waals surface area contributed by atoms with E-state index < -0.39 is 17.2 Å². The Morgan fingerprint density at radius 2 is 1.78 bits per heavy atom. The number of halogens is 1. The zero-order valence-corrected chi connectivity index (χ0v) is 20.7. The summed E-state index contributed by atoms with van der Waals surface area (Å²) in [7, 11) is 0. The molecule has 0 bridgehead atoms. The molecule has 3 heterocycles. The van der Waals surface area contributed by atoms with Gasteiger partial charge in [-0.25, -0.2) is 9.18 Å². The van der Waals surface area contributed by atoms with Gasteiger partial charge >= 0.3 is 5.97 Å². The lowest BCUT2D eigenvalue weighted by Crippen LogP contribution is -2.50. The van der Waals surface area contributed by atoms with E-state index in [0.29, 0.717) is 67.2 Å². The fourth-order valence-electron chi connectivity index (χ4n) is 4.88. The van der Waals surface area contributed by atoms with Crippen LogP contribution in [0, 0.1) is 5.82 Å². The third kappa shape index (κ3) is 4.43. The highest BCUT2D eigenvalue weighted by molar-refractivity contribution is 7.80. The van der Waals surface area contributed by atoms with Crippen molar-refractivity contribution in [3.05, 3.63) is 58.1 Å². The number of rotatable bonds is 4. The standard InChI is InChI=1S/C26H25FN4O5S/c27-19-12-17-20(31(16-2-3-16)14-18(24(17)32)25(33)34)13-21(19)29-5-7-30(8-6-29)26(37)28-15-1-4-22-23(11-15)36-10-9-35-22/h1,4,11-14,16H,2-3,5-10H2,(H,28,37)(H,33,34). The number of fused-ring (bicyclic) bond motifs is 2. The van der Waals surface area contributed by atoms with E-state index in [9.17, 15) is 14.7 Å². The molecule has 1 aliphatic carbocycles. The molecule has 0 atom stereocenters. The molecule has 0 spiro atoms. The second-order valence-electron chi connectivity index (χ2n) is 9.40. The number of hydrogen-bond acceptors (Lipinski definition) is 6. The Labute approximate surface area is 217 Å². The molecule has 11 heteroatoms. The average Bonchev–Trinajstić information content (AvgIpc) is 3.74. The van der Waals surface area contributed by atoms with Gasteiger partial charge in [0.25, 0.3) is 0 Å². The van der Waals surface area contributed by atoms with Crippen molar-refractivity contribution in [2.75, 3.05) is 49.6 Å². The van der Waals surface area contributed by atoms with E-state index in [1.807, 2.05) is 32.6 Å². The van der Waals surface area contributed by atoms with E-state index in [1.54, 1.807) is 6.07 Å². The molecular weight excluding hydrogens is 499 g/mol. The van der Waals surface area contributed by atoms with E-state index in [4.69, 9.17) is 21.7 Å². The van der Waals surface area contributed by atoms with Crippen molar-refractivity contribution in [3.63, 3.8) is 0 Å². The summed E-state index contributed by atoms with van der Waals surface area (Å²) >= 11 is 5.62. The Kier molecular flexibility index (Phi) is 5.86. The van der Waals surface area contributed by atoms with Crippen molar-refractivity contribution < 1.29 is 23.8 Å². The molecule has 3 aliphatic rings. The molecule has 0 radical (unpaired) electrons. The van der Waals surface area contributed by atoms with Crippen LogP contribution in [0.5, 0.6) is 11.5 Å². The van der Waals surface area contributed by atoms with Gasteiger partial charge in [0.05, 0.1) is 11.2 Å². The molecule has 1 saturated heterocycles. The predicted molar refractivity (Wildman–Crippen MR) is 141 cm³/mol. The number of carboxylic acid groups (broad SMARTS) is 1. The second kappa shape index (κ2) is 9.22. The minimum absolute atomic E-state index is 0.0940. The third-order valence-corrected chi connectivity index (χ3v) is 7.33. The zero-order chi connectivity index (χ0) is 25.7. The number of ether oxygens (including phenoxy) is 2. The van der Waals surface area contributed by atoms with Crippen molar-refractivity contribution in [3.8, 4) is 11.5 Å². The predicted octanol–water partition coefficient (Wildman–Crippen LogP) is 3.46. The van der Waals surface area contributed by atoms with Crippen LogP contribution in [0.2, 0.25) is 0 Å². The third-order valence-electron chi connectivity index (χ3n) is 6.97. The van der Waals surface area contributed by atoms with E-state index in [1.165, 1.54) is 12.3 Å². The van der Waals surface area contributed by atoms with Gasteiger partial charge in [-0.1, -0.05) is 0 Å². The maximum Gasteiger partial charge on any atom is 0.341 e. The molecule has 2 fully saturated rings. The Bertz CT molecular complexity index is 1480. The summed E-state index contributed by atoms with van der Waals surface area (Å²) in [5, 5.41) is 13.4. The van der Waals surface area contributed by atoms with Crippen molar-refractivity contribution in [1.82, 2.24) is 9.47 Å². The normalized spacial score (nSPS) is 17.1. The van der Waals surface area contributed by atoms with Crippen LogP contribution in [0.25, 0.3) is 10.9 Å².